The Morgan fingerprint density at radius 2 is 1.95 bits per heavy atom. The van der Waals surface area contributed by atoms with Crippen molar-refractivity contribution in [2.45, 2.75) is 25.4 Å². The smallest absolute Gasteiger partial charge is 0.330 e. The second kappa shape index (κ2) is 7.20. The van der Waals surface area contributed by atoms with Crippen molar-refractivity contribution in [3.63, 3.8) is 0 Å². The van der Waals surface area contributed by atoms with Crippen LogP contribution in [0, 0.1) is 0 Å². The summed E-state index contributed by atoms with van der Waals surface area (Å²) in [6, 6.07) is 6.90. The largest absolute Gasteiger partial charge is 0.479 e. The van der Waals surface area contributed by atoms with E-state index in [2.05, 4.69) is 17.2 Å². The minimum atomic E-state index is -1.10. The summed E-state index contributed by atoms with van der Waals surface area (Å²) in [7, 11) is 0. The number of amides is 2. The van der Waals surface area contributed by atoms with Crippen molar-refractivity contribution in [2.75, 3.05) is 0 Å². The number of carbonyl (C=O) groups is 2. The average Bonchev–Trinajstić information content (AvgIpc) is 2.37. The minimum Gasteiger partial charge on any atom is -0.479 e. The summed E-state index contributed by atoms with van der Waals surface area (Å²) in [6.45, 7) is 5.40. The van der Waals surface area contributed by atoms with E-state index >= 15 is 0 Å². The molecule has 0 saturated carbocycles. The van der Waals surface area contributed by atoms with Crippen LogP contribution in [0.4, 0.5) is 4.79 Å². The number of carboxylic acid groups (broad SMARTS) is 1. The summed E-state index contributed by atoms with van der Waals surface area (Å²) in [5, 5.41) is 14.2. The highest BCUT2D eigenvalue weighted by Gasteiger charge is 2.22. The number of benzene rings is 1. The predicted molar refractivity (Wildman–Crippen MR) is 72.8 cm³/mol. The van der Waals surface area contributed by atoms with Gasteiger partial charge >= 0.3 is 12.0 Å². The molecule has 2 amide bonds. The molecule has 0 spiro atoms. The van der Waals surface area contributed by atoms with Crippen LogP contribution >= 0.6 is 0 Å². The fourth-order valence-electron chi connectivity index (χ4n) is 1.64. The summed E-state index contributed by atoms with van der Waals surface area (Å²) in [5.74, 6) is -1.10. The number of carboxylic acids is 1. The molecule has 0 radical (unpaired) electrons. The van der Waals surface area contributed by atoms with Crippen LogP contribution in [0.25, 0.3) is 0 Å². The molecule has 0 bridgehead atoms. The maximum absolute atomic E-state index is 11.7. The Hall–Kier alpha value is -2.30. The fraction of sp³-hybridized carbons (Fsp3) is 0.286. The van der Waals surface area contributed by atoms with Crippen molar-refractivity contribution in [3.05, 3.63) is 48.6 Å². The first-order chi connectivity index (χ1) is 9.04. The van der Waals surface area contributed by atoms with Crippen molar-refractivity contribution in [2.24, 2.45) is 0 Å². The van der Waals surface area contributed by atoms with E-state index in [0.29, 0.717) is 12.0 Å². The van der Waals surface area contributed by atoms with Gasteiger partial charge in [0.15, 0.2) is 6.04 Å². The van der Waals surface area contributed by atoms with Crippen LogP contribution in [0.5, 0.6) is 0 Å². The molecule has 0 aromatic heterocycles. The lowest BCUT2D eigenvalue weighted by Crippen LogP contribution is -2.44. The molecule has 3 N–H and O–H groups in total. The predicted octanol–water partition coefficient (Wildman–Crippen LogP) is 2.08. The molecule has 5 heteroatoms. The van der Waals surface area contributed by atoms with E-state index in [-0.39, 0.29) is 6.04 Å². The van der Waals surface area contributed by atoms with Crippen LogP contribution in [-0.4, -0.2) is 23.1 Å². The molecule has 0 aliphatic rings. The van der Waals surface area contributed by atoms with E-state index in [4.69, 9.17) is 5.11 Å². The van der Waals surface area contributed by atoms with E-state index in [9.17, 15) is 9.59 Å². The van der Waals surface area contributed by atoms with Gasteiger partial charge in [0.2, 0.25) is 0 Å². The first-order valence-corrected chi connectivity index (χ1v) is 6.00. The molecule has 2 atom stereocenters. The summed E-state index contributed by atoms with van der Waals surface area (Å²) in [5.41, 5.74) is 0.529. The first-order valence-electron chi connectivity index (χ1n) is 6.00. The molecule has 5 nitrogen and oxygen atoms in total. The lowest BCUT2D eigenvalue weighted by Gasteiger charge is -2.17. The minimum absolute atomic E-state index is 0.0947. The number of aliphatic carboxylic acids is 1. The van der Waals surface area contributed by atoms with Crippen LogP contribution < -0.4 is 10.6 Å². The first kappa shape index (κ1) is 14.8. The number of urea groups is 1. The van der Waals surface area contributed by atoms with Crippen molar-refractivity contribution in [1.29, 1.82) is 0 Å². The quantitative estimate of drug-likeness (QED) is 0.687. The van der Waals surface area contributed by atoms with E-state index in [1.54, 1.807) is 36.4 Å². The van der Waals surface area contributed by atoms with Crippen LogP contribution in [0.1, 0.15) is 24.9 Å². The van der Waals surface area contributed by atoms with Gasteiger partial charge in [0.05, 0.1) is 0 Å². The monoisotopic (exact) mass is 262 g/mol. The molecule has 0 heterocycles. The molecule has 0 aliphatic heterocycles. The van der Waals surface area contributed by atoms with E-state index in [0.717, 1.165) is 0 Å². The number of hydrogen-bond donors (Lipinski definition) is 3. The van der Waals surface area contributed by atoms with E-state index < -0.39 is 18.0 Å². The number of hydrogen-bond acceptors (Lipinski definition) is 2. The molecule has 1 unspecified atom stereocenters. The van der Waals surface area contributed by atoms with Gasteiger partial charge < -0.3 is 15.7 Å². The highest BCUT2D eigenvalue weighted by atomic mass is 16.4. The maximum atomic E-state index is 11.7. The zero-order chi connectivity index (χ0) is 14.3. The lowest BCUT2D eigenvalue weighted by atomic mass is 10.1. The number of carbonyl (C=O) groups excluding carboxylic acids is 1. The zero-order valence-corrected chi connectivity index (χ0v) is 10.8. The van der Waals surface area contributed by atoms with Gasteiger partial charge in [-0.05, 0) is 18.9 Å². The van der Waals surface area contributed by atoms with Gasteiger partial charge in [-0.3, -0.25) is 0 Å². The molecule has 19 heavy (non-hydrogen) atoms. The normalized spacial score (nSPS) is 13.1. The van der Waals surface area contributed by atoms with Crippen molar-refractivity contribution >= 4 is 12.0 Å². The Bertz CT molecular complexity index is 445. The average molecular weight is 262 g/mol. The SMILES string of the molecule is C=CCC(C)NC(=O)N[C@H](C(=O)O)c1ccccc1. The molecule has 1 aromatic carbocycles. The summed E-state index contributed by atoms with van der Waals surface area (Å²) >= 11 is 0. The number of nitrogens with one attached hydrogen (secondary N) is 2. The van der Waals surface area contributed by atoms with Crippen LogP contribution in [0.15, 0.2) is 43.0 Å². The van der Waals surface area contributed by atoms with Gasteiger partial charge in [-0.15, -0.1) is 6.58 Å². The van der Waals surface area contributed by atoms with Gasteiger partial charge in [-0.25, -0.2) is 9.59 Å². The molecular formula is C14H18N2O3. The second-order valence-corrected chi connectivity index (χ2v) is 4.23. The van der Waals surface area contributed by atoms with E-state index in [1.807, 2.05) is 6.92 Å². The highest BCUT2D eigenvalue weighted by Crippen LogP contribution is 2.12. The molecule has 0 saturated heterocycles. The topological polar surface area (TPSA) is 78.4 Å². The van der Waals surface area contributed by atoms with Crippen molar-refractivity contribution in [3.8, 4) is 0 Å². The molecular weight excluding hydrogens is 244 g/mol. The molecule has 1 rings (SSSR count). The Balaban J connectivity index is 2.67. The molecule has 1 aromatic rings. The standard InChI is InChI=1S/C14H18N2O3/c1-3-7-10(2)15-14(19)16-12(13(17)18)11-8-5-4-6-9-11/h3-6,8-10,12H,1,7H2,2H3,(H,17,18)(H2,15,16,19)/t10?,12-/m0/s1. The van der Waals surface area contributed by atoms with Gasteiger partial charge in [0.25, 0.3) is 0 Å². The van der Waals surface area contributed by atoms with Crippen LogP contribution in [0.2, 0.25) is 0 Å². The third-order valence-electron chi connectivity index (χ3n) is 2.55. The maximum Gasteiger partial charge on any atom is 0.330 e. The zero-order valence-electron chi connectivity index (χ0n) is 10.8. The third-order valence-corrected chi connectivity index (χ3v) is 2.55. The molecule has 0 fully saturated rings. The van der Waals surface area contributed by atoms with Crippen LogP contribution in [0.3, 0.4) is 0 Å². The Labute approximate surface area is 112 Å². The second-order valence-electron chi connectivity index (χ2n) is 4.23. The van der Waals surface area contributed by atoms with Crippen molar-refractivity contribution in [1.82, 2.24) is 10.6 Å². The summed E-state index contributed by atoms with van der Waals surface area (Å²) in [4.78, 5) is 22.9. The van der Waals surface area contributed by atoms with Crippen LogP contribution in [-0.2, 0) is 4.79 Å². The van der Waals surface area contributed by atoms with E-state index in [1.165, 1.54) is 0 Å². The fourth-order valence-corrected chi connectivity index (χ4v) is 1.64. The Morgan fingerprint density at radius 1 is 1.32 bits per heavy atom. The Morgan fingerprint density at radius 3 is 2.47 bits per heavy atom. The van der Waals surface area contributed by atoms with Gasteiger partial charge in [0, 0.05) is 6.04 Å². The lowest BCUT2D eigenvalue weighted by molar-refractivity contribution is -0.139. The van der Waals surface area contributed by atoms with Gasteiger partial charge in [-0.2, -0.15) is 0 Å². The number of rotatable bonds is 6. The molecule has 0 aliphatic carbocycles. The van der Waals surface area contributed by atoms with Crippen molar-refractivity contribution < 1.29 is 14.7 Å². The molecule has 102 valence electrons. The Kier molecular flexibility index (Phi) is 5.60. The van der Waals surface area contributed by atoms with Gasteiger partial charge in [0.1, 0.15) is 0 Å². The van der Waals surface area contributed by atoms with Gasteiger partial charge in [-0.1, -0.05) is 36.4 Å². The summed E-state index contributed by atoms with van der Waals surface area (Å²) < 4.78 is 0. The highest BCUT2D eigenvalue weighted by molar-refractivity contribution is 5.83. The summed E-state index contributed by atoms with van der Waals surface area (Å²) in [6.07, 6.45) is 2.31. The third kappa shape index (κ3) is 4.83.